The first-order valence-corrected chi connectivity index (χ1v) is 3.84. The van der Waals surface area contributed by atoms with E-state index in [1.165, 1.54) is 0 Å². The van der Waals surface area contributed by atoms with Gasteiger partial charge in [-0.2, -0.15) is 0 Å². The van der Waals surface area contributed by atoms with Gasteiger partial charge in [0.1, 0.15) is 17.3 Å². The molecule has 0 spiro atoms. The molecule has 0 bridgehead atoms. The Bertz CT molecular complexity index is 219. The van der Waals surface area contributed by atoms with Crippen molar-refractivity contribution < 1.29 is 14.7 Å². The van der Waals surface area contributed by atoms with Gasteiger partial charge in [0, 0.05) is 12.8 Å². The molecule has 0 fully saturated rings. The maximum atomic E-state index is 10.3. The average molecular weight is 193 g/mol. The molecule has 1 rings (SSSR count). The van der Waals surface area contributed by atoms with Crippen LogP contribution in [-0.2, 0) is 9.63 Å². The summed E-state index contributed by atoms with van der Waals surface area (Å²) in [5.74, 6) is -1.04. The van der Waals surface area contributed by atoms with Crippen LogP contribution in [0.5, 0.6) is 0 Å². The summed E-state index contributed by atoms with van der Waals surface area (Å²) in [6.07, 6.45) is 0.390. The van der Waals surface area contributed by atoms with Crippen molar-refractivity contribution in [2.24, 2.45) is 10.9 Å². The fourth-order valence-electron chi connectivity index (χ4n) is 0.905. The molecule has 0 amide bonds. The third-order valence-corrected chi connectivity index (χ3v) is 1.75. The van der Waals surface area contributed by atoms with Crippen molar-refractivity contribution in [3.63, 3.8) is 0 Å². The Morgan fingerprint density at radius 2 is 2.67 bits per heavy atom. The van der Waals surface area contributed by atoms with Crippen LogP contribution in [0, 0.1) is 0 Å². The Morgan fingerprint density at radius 3 is 3.08 bits per heavy atom. The number of nitrogens with zero attached hydrogens (tertiary/aromatic N) is 1. The van der Waals surface area contributed by atoms with Crippen molar-refractivity contribution in [1.82, 2.24) is 0 Å². The Labute approximate surface area is 74.1 Å². The molecule has 3 N–H and O–H groups in total. The maximum Gasteiger partial charge on any atom is 0.320 e. The summed E-state index contributed by atoms with van der Waals surface area (Å²) < 4.78 is 0. The van der Waals surface area contributed by atoms with Crippen LogP contribution in [0.25, 0.3) is 0 Å². The summed E-state index contributed by atoms with van der Waals surface area (Å²) in [4.78, 5) is 15.1. The predicted octanol–water partition coefficient (Wildman–Crippen LogP) is 0.130. The molecule has 0 aliphatic carbocycles. The molecule has 0 saturated heterocycles. The largest absolute Gasteiger partial charge is 0.480 e. The van der Waals surface area contributed by atoms with Crippen LogP contribution in [0.15, 0.2) is 5.16 Å². The fourth-order valence-corrected chi connectivity index (χ4v) is 1.12. The molecule has 1 unspecified atom stereocenters. The molecule has 0 aromatic carbocycles. The molecular weight excluding hydrogens is 184 g/mol. The normalized spacial score (nSPS) is 24.5. The summed E-state index contributed by atoms with van der Waals surface area (Å²) >= 11 is 5.51. The van der Waals surface area contributed by atoms with E-state index in [9.17, 15) is 4.79 Å². The summed E-state index contributed by atoms with van der Waals surface area (Å²) in [6.45, 7) is 0. The van der Waals surface area contributed by atoms with Gasteiger partial charge < -0.3 is 15.7 Å². The number of rotatable bonds is 3. The van der Waals surface area contributed by atoms with Gasteiger partial charge in [-0.05, 0) is 0 Å². The topological polar surface area (TPSA) is 84.9 Å². The fraction of sp³-hybridized carbons (Fsp3) is 0.667. The summed E-state index contributed by atoms with van der Waals surface area (Å²) in [5.41, 5.74) is 5.27. The average Bonchev–Trinajstić information content (AvgIpc) is 2.35. The van der Waals surface area contributed by atoms with Crippen LogP contribution >= 0.6 is 11.6 Å². The number of carbonyl (C=O) groups is 1. The number of halogens is 1. The minimum absolute atomic E-state index is 0.231. The van der Waals surface area contributed by atoms with Gasteiger partial charge in [-0.25, -0.2) is 0 Å². The number of aliphatic carboxylic acids is 1. The number of nitrogens with two attached hydrogens (primary N) is 1. The highest BCUT2D eigenvalue weighted by Crippen LogP contribution is 2.16. The first-order chi connectivity index (χ1) is 5.59. The molecule has 0 saturated carbocycles. The van der Waals surface area contributed by atoms with Crippen LogP contribution in [0.2, 0.25) is 0 Å². The Kier molecular flexibility index (Phi) is 2.88. The highest BCUT2D eigenvalue weighted by molar-refractivity contribution is 6.65. The third kappa shape index (κ3) is 2.35. The summed E-state index contributed by atoms with van der Waals surface area (Å²) in [5, 5.41) is 12.3. The standard InChI is InChI=1S/C6H9ClN2O3/c7-5-2-3(12-9-5)1-4(8)6(10)11/h3-4H,1-2,8H2,(H,10,11)/t3?,4-/m1/s1. The molecule has 0 aromatic heterocycles. The van der Waals surface area contributed by atoms with Crippen molar-refractivity contribution in [2.45, 2.75) is 25.0 Å². The lowest BCUT2D eigenvalue weighted by molar-refractivity contribution is -0.139. The zero-order valence-corrected chi connectivity index (χ0v) is 6.99. The van der Waals surface area contributed by atoms with E-state index < -0.39 is 12.0 Å². The van der Waals surface area contributed by atoms with Crippen LogP contribution in [0.4, 0.5) is 0 Å². The van der Waals surface area contributed by atoms with E-state index in [1.54, 1.807) is 0 Å². The number of hydrogen-bond donors (Lipinski definition) is 2. The van der Waals surface area contributed by atoms with Crippen LogP contribution < -0.4 is 5.73 Å². The van der Waals surface area contributed by atoms with E-state index in [4.69, 9.17) is 27.3 Å². The predicted molar refractivity (Wildman–Crippen MR) is 43.0 cm³/mol. The first-order valence-electron chi connectivity index (χ1n) is 3.46. The smallest absolute Gasteiger partial charge is 0.320 e. The molecule has 1 aliphatic heterocycles. The Balaban J connectivity index is 2.30. The lowest BCUT2D eigenvalue weighted by Gasteiger charge is -2.10. The zero-order chi connectivity index (χ0) is 9.14. The number of hydrogen-bond acceptors (Lipinski definition) is 4. The Morgan fingerprint density at radius 1 is 2.00 bits per heavy atom. The van der Waals surface area contributed by atoms with Crippen LogP contribution in [0.1, 0.15) is 12.8 Å². The second-order valence-electron chi connectivity index (χ2n) is 2.58. The molecular formula is C6H9ClN2O3. The molecule has 1 heterocycles. The third-order valence-electron chi connectivity index (χ3n) is 1.53. The molecule has 12 heavy (non-hydrogen) atoms. The van der Waals surface area contributed by atoms with E-state index in [-0.39, 0.29) is 12.5 Å². The monoisotopic (exact) mass is 192 g/mol. The van der Waals surface area contributed by atoms with E-state index in [1.807, 2.05) is 0 Å². The minimum atomic E-state index is -1.04. The molecule has 5 nitrogen and oxygen atoms in total. The van der Waals surface area contributed by atoms with E-state index in [0.29, 0.717) is 11.6 Å². The maximum absolute atomic E-state index is 10.3. The number of carboxylic acids is 1. The summed E-state index contributed by atoms with van der Waals surface area (Å²) in [7, 11) is 0. The highest BCUT2D eigenvalue weighted by atomic mass is 35.5. The second kappa shape index (κ2) is 3.73. The van der Waals surface area contributed by atoms with Crippen LogP contribution in [0.3, 0.4) is 0 Å². The molecule has 1 aliphatic rings. The van der Waals surface area contributed by atoms with Crippen molar-refractivity contribution in [3.8, 4) is 0 Å². The molecule has 0 aromatic rings. The van der Waals surface area contributed by atoms with Gasteiger partial charge in [0.2, 0.25) is 0 Å². The first kappa shape index (κ1) is 9.28. The van der Waals surface area contributed by atoms with Gasteiger partial charge in [0.05, 0.1) is 0 Å². The van der Waals surface area contributed by atoms with Crippen molar-refractivity contribution >= 4 is 22.7 Å². The molecule has 0 radical (unpaired) electrons. The van der Waals surface area contributed by atoms with Gasteiger partial charge in [0.15, 0.2) is 0 Å². The lowest BCUT2D eigenvalue weighted by Crippen LogP contribution is -2.33. The van der Waals surface area contributed by atoms with Crippen molar-refractivity contribution in [2.75, 3.05) is 0 Å². The van der Waals surface area contributed by atoms with E-state index in [0.717, 1.165) is 0 Å². The van der Waals surface area contributed by atoms with Gasteiger partial charge in [-0.1, -0.05) is 16.8 Å². The second-order valence-corrected chi connectivity index (χ2v) is 3.02. The van der Waals surface area contributed by atoms with Crippen molar-refractivity contribution in [3.05, 3.63) is 0 Å². The molecule has 68 valence electrons. The number of oxime groups is 1. The van der Waals surface area contributed by atoms with Gasteiger partial charge in [-0.3, -0.25) is 4.79 Å². The van der Waals surface area contributed by atoms with E-state index in [2.05, 4.69) is 5.16 Å². The minimum Gasteiger partial charge on any atom is -0.480 e. The van der Waals surface area contributed by atoms with E-state index >= 15 is 0 Å². The number of carboxylic acid groups (broad SMARTS) is 1. The molecule has 6 heteroatoms. The van der Waals surface area contributed by atoms with Gasteiger partial charge in [-0.15, -0.1) is 0 Å². The van der Waals surface area contributed by atoms with Gasteiger partial charge >= 0.3 is 5.97 Å². The zero-order valence-electron chi connectivity index (χ0n) is 6.24. The Hall–Kier alpha value is -0.810. The highest BCUT2D eigenvalue weighted by Gasteiger charge is 2.25. The van der Waals surface area contributed by atoms with Crippen LogP contribution in [-0.4, -0.2) is 28.4 Å². The summed E-state index contributed by atoms with van der Waals surface area (Å²) in [6, 6.07) is -0.909. The lowest BCUT2D eigenvalue weighted by atomic mass is 10.1. The van der Waals surface area contributed by atoms with Crippen molar-refractivity contribution in [1.29, 1.82) is 0 Å². The molecule has 2 atom stereocenters. The van der Waals surface area contributed by atoms with Gasteiger partial charge in [0.25, 0.3) is 0 Å². The SMILES string of the molecule is N[C@H](CC1CC(Cl)=NO1)C(=O)O. The quantitative estimate of drug-likeness (QED) is 0.666.